The van der Waals surface area contributed by atoms with Gasteiger partial charge in [-0.1, -0.05) is 36.4 Å². The second-order valence-electron chi connectivity index (χ2n) is 5.45. The van der Waals surface area contributed by atoms with E-state index in [1.165, 1.54) is 0 Å². The van der Waals surface area contributed by atoms with Crippen molar-refractivity contribution < 1.29 is 5.11 Å². The van der Waals surface area contributed by atoms with Crippen molar-refractivity contribution in [3.8, 4) is 17.3 Å². The molecule has 0 aliphatic carbocycles. The third kappa shape index (κ3) is 4.14. The number of nitrogens with zero attached hydrogens (tertiary/aromatic N) is 2. The molecule has 124 valence electrons. The second kappa shape index (κ2) is 7.95. The van der Waals surface area contributed by atoms with E-state index in [0.29, 0.717) is 17.9 Å². The van der Waals surface area contributed by atoms with E-state index < -0.39 is 0 Å². The topological polar surface area (TPSA) is 84.7 Å². The normalized spacial score (nSPS) is 10.7. The van der Waals surface area contributed by atoms with Crippen LogP contribution in [0.5, 0.6) is 0 Å². The van der Waals surface area contributed by atoms with Gasteiger partial charge >= 0.3 is 0 Å². The summed E-state index contributed by atoms with van der Waals surface area (Å²) in [6.07, 6.45) is 5.71. The first-order valence-electron chi connectivity index (χ1n) is 7.97. The van der Waals surface area contributed by atoms with Gasteiger partial charge in [-0.05, 0) is 29.8 Å². The highest BCUT2D eigenvalue weighted by Crippen LogP contribution is 2.25. The molecule has 3 N–H and O–H groups in total. The van der Waals surface area contributed by atoms with E-state index in [1.807, 2.05) is 54.6 Å². The van der Waals surface area contributed by atoms with Crippen molar-refractivity contribution >= 4 is 18.0 Å². The van der Waals surface area contributed by atoms with E-state index in [1.54, 1.807) is 12.3 Å². The number of aliphatic hydroxyl groups is 1. The zero-order valence-corrected chi connectivity index (χ0v) is 13.6. The van der Waals surface area contributed by atoms with Crippen LogP contribution in [-0.2, 0) is 0 Å². The molecule has 0 fully saturated rings. The lowest BCUT2D eigenvalue weighted by molar-refractivity contribution is 0.311. The minimum atomic E-state index is 0.00288. The van der Waals surface area contributed by atoms with Crippen LogP contribution >= 0.6 is 0 Å². The SMILES string of the molecule is N#Cc1cc(-c2ccnc(C=Cc3ccccc3)c2)[nH]c1NCCO. The Morgan fingerprint density at radius 1 is 1.16 bits per heavy atom. The smallest absolute Gasteiger partial charge is 0.122 e. The van der Waals surface area contributed by atoms with Crippen molar-refractivity contribution in [1.29, 1.82) is 5.26 Å². The van der Waals surface area contributed by atoms with Crippen LogP contribution < -0.4 is 5.32 Å². The van der Waals surface area contributed by atoms with Crippen molar-refractivity contribution in [2.45, 2.75) is 0 Å². The molecule has 0 unspecified atom stereocenters. The maximum atomic E-state index is 9.25. The van der Waals surface area contributed by atoms with E-state index in [2.05, 4.69) is 21.4 Å². The van der Waals surface area contributed by atoms with Crippen LogP contribution in [0.1, 0.15) is 16.8 Å². The number of benzene rings is 1. The predicted molar refractivity (Wildman–Crippen MR) is 99.7 cm³/mol. The third-order valence-corrected chi connectivity index (χ3v) is 3.69. The molecule has 0 saturated heterocycles. The minimum absolute atomic E-state index is 0.00288. The molecule has 25 heavy (non-hydrogen) atoms. The first kappa shape index (κ1) is 16.5. The Kier molecular flexibility index (Phi) is 5.25. The van der Waals surface area contributed by atoms with Gasteiger partial charge in [0.15, 0.2) is 0 Å². The van der Waals surface area contributed by atoms with Gasteiger partial charge in [-0.3, -0.25) is 4.98 Å². The number of pyridine rings is 1. The molecule has 2 heterocycles. The summed E-state index contributed by atoms with van der Waals surface area (Å²) in [5.41, 5.74) is 4.22. The van der Waals surface area contributed by atoms with Crippen molar-refractivity contribution in [3.63, 3.8) is 0 Å². The van der Waals surface area contributed by atoms with Crippen LogP contribution in [0, 0.1) is 11.3 Å². The lowest BCUT2D eigenvalue weighted by Crippen LogP contribution is -2.06. The zero-order valence-electron chi connectivity index (χ0n) is 13.6. The van der Waals surface area contributed by atoms with E-state index in [9.17, 15) is 5.26 Å². The van der Waals surface area contributed by atoms with Crippen molar-refractivity contribution in [2.75, 3.05) is 18.5 Å². The number of anilines is 1. The lowest BCUT2D eigenvalue weighted by Gasteiger charge is -2.02. The van der Waals surface area contributed by atoms with Gasteiger partial charge in [-0.2, -0.15) is 5.26 Å². The summed E-state index contributed by atoms with van der Waals surface area (Å²) in [4.78, 5) is 7.55. The van der Waals surface area contributed by atoms with Crippen LogP contribution in [0.2, 0.25) is 0 Å². The van der Waals surface area contributed by atoms with Crippen LogP contribution in [0.4, 0.5) is 5.82 Å². The standard InChI is InChI=1S/C20H18N4O/c21-14-17-13-19(24-20(17)23-10-11-25)16-8-9-22-18(12-16)7-6-15-4-2-1-3-5-15/h1-9,12-13,23-25H,10-11H2. The van der Waals surface area contributed by atoms with Crippen LogP contribution in [-0.4, -0.2) is 28.2 Å². The van der Waals surface area contributed by atoms with Gasteiger partial charge < -0.3 is 15.4 Å². The first-order chi connectivity index (χ1) is 12.3. The van der Waals surface area contributed by atoms with Gasteiger partial charge in [0, 0.05) is 24.0 Å². The Hall–Kier alpha value is -3.36. The summed E-state index contributed by atoms with van der Waals surface area (Å²) >= 11 is 0. The maximum Gasteiger partial charge on any atom is 0.122 e. The number of hydrogen-bond acceptors (Lipinski definition) is 4. The molecule has 0 bridgehead atoms. The summed E-state index contributed by atoms with van der Waals surface area (Å²) in [6, 6.07) is 17.8. The van der Waals surface area contributed by atoms with Crippen molar-refractivity contribution in [3.05, 3.63) is 71.5 Å². The summed E-state index contributed by atoms with van der Waals surface area (Å²) in [7, 11) is 0. The van der Waals surface area contributed by atoms with Gasteiger partial charge in [-0.25, -0.2) is 0 Å². The van der Waals surface area contributed by atoms with Crippen LogP contribution in [0.25, 0.3) is 23.4 Å². The summed E-state index contributed by atoms with van der Waals surface area (Å²) < 4.78 is 0. The molecule has 2 aromatic heterocycles. The Bertz CT molecular complexity index is 907. The molecule has 0 atom stereocenters. The number of aromatic amines is 1. The molecule has 0 saturated carbocycles. The molecular formula is C20H18N4O. The van der Waals surface area contributed by atoms with Crippen LogP contribution in [0.15, 0.2) is 54.7 Å². The Morgan fingerprint density at radius 3 is 2.76 bits per heavy atom. The number of hydrogen-bond donors (Lipinski definition) is 3. The Morgan fingerprint density at radius 2 is 2.00 bits per heavy atom. The fraction of sp³-hybridized carbons (Fsp3) is 0.100. The van der Waals surface area contributed by atoms with Gasteiger partial charge in [0.2, 0.25) is 0 Å². The molecule has 0 amide bonds. The number of aliphatic hydroxyl groups excluding tert-OH is 1. The highest BCUT2D eigenvalue weighted by atomic mass is 16.3. The molecule has 0 radical (unpaired) electrons. The van der Waals surface area contributed by atoms with Crippen LogP contribution in [0.3, 0.4) is 0 Å². The molecule has 5 heteroatoms. The van der Waals surface area contributed by atoms with Crippen molar-refractivity contribution in [1.82, 2.24) is 9.97 Å². The predicted octanol–water partition coefficient (Wildman–Crippen LogP) is 3.52. The van der Waals surface area contributed by atoms with Crippen molar-refractivity contribution in [2.24, 2.45) is 0 Å². The number of rotatable bonds is 6. The average molecular weight is 330 g/mol. The highest BCUT2D eigenvalue weighted by molar-refractivity contribution is 5.73. The number of nitriles is 1. The molecule has 1 aromatic carbocycles. The molecule has 3 rings (SSSR count). The van der Waals surface area contributed by atoms with Gasteiger partial charge in [0.1, 0.15) is 11.9 Å². The Labute approximate surface area is 146 Å². The molecule has 5 nitrogen and oxygen atoms in total. The average Bonchev–Trinajstić information content (AvgIpc) is 3.09. The summed E-state index contributed by atoms with van der Waals surface area (Å²) in [5, 5.41) is 21.2. The third-order valence-electron chi connectivity index (χ3n) is 3.69. The number of aromatic nitrogens is 2. The molecule has 0 aliphatic rings. The first-order valence-corrected chi connectivity index (χ1v) is 7.97. The molecular weight excluding hydrogens is 312 g/mol. The monoisotopic (exact) mass is 330 g/mol. The quantitative estimate of drug-likeness (QED) is 0.645. The molecule has 0 spiro atoms. The molecule has 0 aliphatic heterocycles. The highest BCUT2D eigenvalue weighted by Gasteiger charge is 2.09. The van der Waals surface area contributed by atoms with Gasteiger partial charge in [0.25, 0.3) is 0 Å². The van der Waals surface area contributed by atoms with Gasteiger partial charge in [0.05, 0.1) is 17.9 Å². The van der Waals surface area contributed by atoms with E-state index in [4.69, 9.17) is 5.11 Å². The summed E-state index contributed by atoms with van der Waals surface area (Å²) in [6.45, 7) is 0.388. The second-order valence-corrected chi connectivity index (χ2v) is 5.45. The maximum absolute atomic E-state index is 9.25. The Balaban J connectivity index is 1.85. The van der Waals surface area contributed by atoms with E-state index in [-0.39, 0.29) is 6.61 Å². The summed E-state index contributed by atoms with van der Waals surface area (Å²) in [5.74, 6) is 0.615. The largest absolute Gasteiger partial charge is 0.395 e. The number of nitrogens with one attached hydrogen (secondary N) is 2. The molecule has 3 aromatic rings. The minimum Gasteiger partial charge on any atom is -0.395 e. The van der Waals surface area contributed by atoms with E-state index in [0.717, 1.165) is 22.5 Å². The van der Waals surface area contributed by atoms with Gasteiger partial charge in [-0.15, -0.1) is 0 Å². The fourth-order valence-electron chi connectivity index (χ4n) is 2.47. The van der Waals surface area contributed by atoms with E-state index >= 15 is 0 Å². The zero-order chi connectivity index (χ0) is 17.5. The number of H-pyrrole nitrogens is 1. The fourth-order valence-corrected chi connectivity index (χ4v) is 2.47. The lowest BCUT2D eigenvalue weighted by atomic mass is 10.1.